The van der Waals surface area contributed by atoms with Gasteiger partial charge in [-0.25, -0.2) is 0 Å². The molecular formula is C13H22ClN3O2. The molecule has 0 aliphatic rings. The Kier molecular flexibility index (Phi) is 8.14. The molecule has 1 aromatic rings. The zero-order valence-electron chi connectivity index (χ0n) is 11.6. The summed E-state index contributed by atoms with van der Waals surface area (Å²) in [5.74, 6) is 0.655. The number of nitrogens with zero attached hydrogens (tertiary/aromatic N) is 1. The number of anilines is 1. The molecule has 0 saturated heterocycles. The third-order valence-corrected chi connectivity index (χ3v) is 2.84. The Morgan fingerprint density at radius 1 is 1.53 bits per heavy atom. The van der Waals surface area contributed by atoms with E-state index in [4.69, 9.17) is 10.5 Å². The molecule has 0 heterocycles. The topological polar surface area (TPSA) is 67.6 Å². The highest BCUT2D eigenvalue weighted by Crippen LogP contribution is 2.16. The highest BCUT2D eigenvalue weighted by atomic mass is 35.5. The predicted molar refractivity (Wildman–Crippen MR) is 80.0 cm³/mol. The number of ether oxygens (including phenoxy) is 1. The number of halogens is 1. The zero-order chi connectivity index (χ0) is 13.5. The third-order valence-electron chi connectivity index (χ3n) is 2.84. The number of amides is 1. The molecule has 0 radical (unpaired) electrons. The minimum Gasteiger partial charge on any atom is -0.497 e. The van der Waals surface area contributed by atoms with Gasteiger partial charge in [-0.05, 0) is 26.1 Å². The van der Waals surface area contributed by atoms with Crippen LogP contribution in [0.3, 0.4) is 0 Å². The Labute approximate surface area is 120 Å². The SMILES string of the molecule is COc1cccc(NC(=O)CN(C)C(C)CN)c1.Cl. The van der Waals surface area contributed by atoms with Crippen molar-refractivity contribution in [1.82, 2.24) is 4.90 Å². The van der Waals surface area contributed by atoms with Crippen LogP contribution in [0.2, 0.25) is 0 Å². The first kappa shape index (κ1) is 17.7. The molecule has 1 aromatic carbocycles. The number of carbonyl (C=O) groups is 1. The number of methoxy groups -OCH3 is 1. The third kappa shape index (κ3) is 5.92. The summed E-state index contributed by atoms with van der Waals surface area (Å²) in [7, 11) is 3.47. The van der Waals surface area contributed by atoms with E-state index in [-0.39, 0.29) is 24.4 Å². The van der Waals surface area contributed by atoms with Crippen LogP contribution in [-0.4, -0.2) is 44.1 Å². The minimum absolute atomic E-state index is 0. The van der Waals surface area contributed by atoms with Crippen molar-refractivity contribution in [3.05, 3.63) is 24.3 Å². The highest BCUT2D eigenvalue weighted by molar-refractivity contribution is 5.92. The fourth-order valence-corrected chi connectivity index (χ4v) is 1.46. The van der Waals surface area contributed by atoms with Gasteiger partial charge in [-0.1, -0.05) is 6.07 Å². The van der Waals surface area contributed by atoms with Crippen LogP contribution in [-0.2, 0) is 4.79 Å². The van der Waals surface area contributed by atoms with Gasteiger partial charge >= 0.3 is 0 Å². The van der Waals surface area contributed by atoms with Gasteiger partial charge in [0.2, 0.25) is 5.91 Å². The van der Waals surface area contributed by atoms with Crippen LogP contribution in [0.4, 0.5) is 5.69 Å². The molecule has 0 aliphatic carbocycles. The second-order valence-electron chi connectivity index (χ2n) is 4.28. The molecular weight excluding hydrogens is 266 g/mol. The molecule has 0 aromatic heterocycles. The monoisotopic (exact) mass is 287 g/mol. The first-order chi connectivity index (χ1) is 8.56. The van der Waals surface area contributed by atoms with E-state index in [2.05, 4.69) is 5.32 Å². The van der Waals surface area contributed by atoms with E-state index in [1.807, 2.05) is 37.1 Å². The van der Waals surface area contributed by atoms with Crippen LogP contribution in [0.25, 0.3) is 0 Å². The lowest BCUT2D eigenvalue weighted by atomic mass is 10.3. The van der Waals surface area contributed by atoms with E-state index in [0.717, 1.165) is 11.4 Å². The Bertz CT molecular complexity index is 401. The summed E-state index contributed by atoms with van der Waals surface area (Å²) in [6, 6.07) is 7.46. The van der Waals surface area contributed by atoms with E-state index >= 15 is 0 Å². The van der Waals surface area contributed by atoms with Crippen molar-refractivity contribution in [3.8, 4) is 5.75 Å². The maximum Gasteiger partial charge on any atom is 0.238 e. The summed E-state index contributed by atoms with van der Waals surface area (Å²) in [6.45, 7) is 2.83. The molecule has 1 unspecified atom stereocenters. The van der Waals surface area contributed by atoms with Gasteiger partial charge in [-0.15, -0.1) is 12.4 Å². The summed E-state index contributed by atoms with van der Waals surface area (Å²) < 4.78 is 5.09. The molecule has 108 valence electrons. The largest absolute Gasteiger partial charge is 0.497 e. The standard InChI is InChI=1S/C13H21N3O2.ClH/c1-10(8-14)16(2)9-13(17)15-11-5-4-6-12(7-11)18-3;/h4-7,10H,8-9,14H2,1-3H3,(H,15,17);1H. The summed E-state index contributed by atoms with van der Waals surface area (Å²) in [5.41, 5.74) is 6.28. The van der Waals surface area contributed by atoms with Crippen molar-refractivity contribution >= 4 is 24.0 Å². The minimum atomic E-state index is -0.0638. The van der Waals surface area contributed by atoms with Crippen molar-refractivity contribution in [2.75, 3.05) is 32.6 Å². The first-order valence-electron chi connectivity index (χ1n) is 5.91. The number of rotatable bonds is 6. The summed E-state index contributed by atoms with van der Waals surface area (Å²) in [5, 5.41) is 2.83. The van der Waals surface area contributed by atoms with Crippen molar-refractivity contribution in [1.29, 1.82) is 0 Å². The number of nitrogens with two attached hydrogens (primary N) is 1. The second kappa shape index (κ2) is 8.74. The average Bonchev–Trinajstić information content (AvgIpc) is 2.37. The summed E-state index contributed by atoms with van der Waals surface area (Å²) in [4.78, 5) is 13.7. The van der Waals surface area contributed by atoms with Crippen molar-refractivity contribution in [2.24, 2.45) is 5.73 Å². The Morgan fingerprint density at radius 2 is 2.21 bits per heavy atom. The van der Waals surface area contributed by atoms with E-state index < -0.39 is 0 Å². The van der Waals surface area contributed by atoms with E-state index in [9.17, 15) is 4.79 Å². The Balaban J connectivity index is 0.00000324. The number of benzene rings is 1. The zero-order valence-corrected chi connectivity index (χ0v) is 12.4. The molecule has 0 spiro atoms. The van der Waals surface area contributed by atoms with E-state index in [1.165, 1.54) is 0 Å². The molecule has 5 nitrogen and oxygen atoms in total. The van der Waals surface area contributed by atoms with Gasteiger partial charge in [0.05, 0.1) is 13.7 Å². The Hall–Kier alpha value is -1.30. The predicted octanol–water partition coefficient (Wildman–Crippen LogP) is 1.33. The van der Waals surface area contributed by atoms with Crippen LogP contribution >= 0.6 is 12.4 Å². The van der Waals surface area contributed by atoms with Gasteiger partial charge in [0.15, 0.2) is 0 Å². The maximum atomic E-state index is 11.8. The van der Waals surface area contributed by atoms with Crippen LogP contribution in [0.15, 0.2) is 24.3 Å². The molecule has 3 N–H and O–H groups in total. The Morgan fingerprint density at radius 3 is 2.79 bits per heavy atom. The smallest absolute Gasteiger partial charge is 0.238 e. The molecule has 1 rings (SSSR count). The molecule has 1 atom stereocenters. The van der Waals surface area contributed by atoms with E-state index in [0.29, 0.717) is 13.1 Å². The highest BCUT2D eigenvalue weighted by Gasteiger charge is 2.11. The van der Waals surface area contributed by atoms with Crippen LogP contribution in [0.1, 0.15) is 6.92 Å². The lowest BCUT2D eigenvalue weighted by Gasteiger charge is -2.22. The molecule has 19 heavy (non-hydrogen) atoms. The van der Waals surface area contributed by atoms with Gasteiger partial charge in [0.25, 0.3) is 0 Å². The number of likely N-dealkylation sites (N-methyl/N-ethyl adjacent to an activating group) is 1. The molecule has 6 heteroatoms. The lowest BCUT2D eigenvalue weighted by Crippen LogP contribution is -2.40. The lowest BCUT2D eigenvalue weighted by molar-refractivity contribution is -0.117. The van der Waals surface area contributed by atoms with E-state index in [1.54, 1.807) is 13.2 Å². The fourth-order valence-electron chi connectivity index (χ4n) is 1.46. The maximum absolute atomic E-state index is 11.8. The number of hydrogen-bond donors (Lipinski definition) is 2. The molecule has 0 fully saturated rings. The van der Waals surface area contributed by atoms with Gasteiger partial charge in [0.1, 0.15) is 5.75 Å². The quantitative estimate of drug-likeness (QED) is 0.828. The first-order valence-corrected chi connectivity index (χ1v) is 5.91. The molecule has 0 aliphatic heterocycles. The molecule has 0 bridgehead atoms. The van der Waals surface area contributed by atoms with Crippen LogP contribution in [0, 0.1) is 0 Å². The van der Waals surface area contributed by atoms with Crippen molar-refractivity contribution < 1.29 is 9.53 Å². The number of nitrogens with one attached hydrogen (secondary N) is 1. The molecule has 1 amide bonds. The normalized spacial score (nSPS) is 11.6. The van der Waals surface area contributed by atoms with Gasteiger partial charge in [-0.3, -0.25) is 9.69 Å². The second-order valence-corrected chi connectivity index (χ2v) is 4.28. The van der Waals surface area contributed by atoms with Crippen LogP contribution in [0.5, 0.6) is 5.75 Å². The van der Waals surface area contributed by atoms with Gasteiger partial charge in [0, 0.05) is 24.3 Å². The summed E-state index contributed by atoms with van der Waals surface area (Å²) in [6.07, 6.45) is 0. The van der Waals surface area contributed by atoms with Gasteiger partial charge < -0.3 is 15.8 Å². The van der Waals surface area contributed by atoms with Gasteiger partial charge in [-0.2, -0.15) is 0 Å². The fraction of sp³-hybridized carbons (Fsp3) is 0.462. The molecule has 0 saturated carbocycles. The van der Waals surface area contributed by atoms with Crippen molar-refractivity contribution in [2.45, 2.75) is 13.0 Å². The number of hydrogen-bond acceptors (Lipinski definition) is 4. The van der Waals surface area contributed by atoms with Crippen LogP contribution < -0.4 is 15.8 Å². The number of carbonyl (C=O) groups excluding carboxylic acids is 1. The van der Waals surface area contributed by atoms with Crippen molar-refractivity contribution in [3.63, 3.8) is 0 Å². The average molecular weight is 288 g/mol. The summed E-state index contributed by atoms with van der Waals surface area (Å²) >= 11 is 0.